The van der Waals surface area contributed by atoms with E-state index in [1.54, 1.807) is 0 Å². The number of carbonyl (C=O) groups is 1. The van der Waals surface area contributed by atoms with Crippen LogP contribution in [0.3, 0.4) is 0 Å². The zero-order valence-electron chi connectivity index (χ0n) is 16.8. The van der Waals surface area contributed by atoms with E-state index in [0.717, 1.165) is 16.4 Å². The molecule has 2 aromatic carbocycles. The molecule has 0 saturated carbocycles. The molecule has 32 heavy (non-hydrogen) atoms. The van der Waals surface area contributed by atoms with E-state index in [1.165, 1.54) is 31.4 Å². The number of aromatic nitrogens is 2. The number of carbonyl (C=O) groups excluding carboxylic acids is 1. The molecule has 1 saturated heterocycles. The van der Waals surface area contributed by atoms with Crippen LogP contribution in [-0.4, -0.2) is 48.5 Å². The van der Waals surface area contributed by atoms with E-state index in [2.05, 4.69) is 15.5 Å². The molecule has 1 amide bonds. The van der Waals surface area contributed by atoms with Gasteiger partial charge in [-0.3, -0.25) is 10.1 Å². The fourth-order valence-corrected chi connectivity index (χ4v) is 5.06. The van der Waals surface area contributed by atoms with Gasteiger partial charge >= 0.3 is 6.01 Å². The van der Waals surface area contributed by atoms with Crippen molar-refractivity contribution in [1.29, 1.82) is 0 Å². The van der Waals surface area contributed by atoms with Crippen molar-refractivity contribution in [3.05, 3.63) is 54.1 Å². The van der Waals surface area contributed by atoms with Crippen LogP contribution in [0.25, 0.3) is 11.5 Å². The zero-order valence-corrected chi connectivity index (χ0v) is 17.6. The van der Waals surface area contributed by atoms with Crippen molar-refractivity contribution in [3.63, 3.8) is 0 Å². The van der Waals surface area contributed by atoms with Crippen molar-refractivity contribution in [2.75, 3.05) is 19.0 Å². The SMILES string of the molecule is COc1ccc(S(=O)(=O)N2CCCC2C(=O)Nc2nnc(-c3ccc(F)cc3F)o2)cc1. The van der Waals surface area contributed by atoms with Gasteiger partial charge < -0.3 is 9.15 Å². The smallest absolute Gasteiger partial charge is 0.322 e. The van der Waals surface area contributed by atoms with Gasteiger partial charge in [-0.15, -0.1) is 5.10 Å². The monoisotopic (exact) mass is 464 g/mol. The molecule has 0 radical (unpaired) electrons. The first kappa shape index (κ1) is 21.8. The van der Waals surface area contributed by atoms with Gasteiger partial charge in [0.25, 0.3) is 5.89 Å². The number of hydrogen-bond acceptors (Lipinski definition) is 7. The summed E-state index contributed by atoms with van der Waals surface area (Å²) in [4.78, 5) is 12.8. The van der Waals surface area contributed by atoms with E-state index in [4.69, 9.17) is 9.15 Å². The molecular formula is C20H18F2N4O5S. The summed E-state index contributed by atoms with van der Waals surface area (Å²) in [7, 11) is -2.46. The van der Waals surface area contributed by atoms with Gasteiger partial charge in [-0.2, -0.15) is 4.31 Å². The predicted octanol–water partition coefficient (Wildman–Crippen LogP) is 2.82. The third-order valence-corrected chi connectivity index (χ3v) is 6.91. The van der Waals surface area contributed by atoms with Gasteiger partial charge in [-0.1, -0.05) is 5.10 Å². The van der Waals surface area contributed by atoms with Crippen LogP contribution < -0.4 is 10.1 Å². The Morgan fingerprint density at radius 3 is 2.62 bits per heavy atom. The van der Waals surface area contributed by atoms with Gasteiger partial charge in [-0.25, -0.2) is 17.2 Å². The number of hydrogen-bond donors (Lipinski definition) is 1. The molecule has 4 rings (SSSR count). The van der Waals surface area contributed by atoms with E-state index >= 15 is 0 Å². The molecule has 1 atom stereocenters. The van der Waals surface area contributed by atoms with E-state index < -0.39 is 33.6 Å². The molecule has 2 heterocycles. The molecule has 1 aromatic heterocycles. The summed E-state index contributed by atoms with van der Waals surface area (Å²) in [6.45, 7) is 0.169. The van der Waals surface area contributed by atoms with Gasteiger partial charge in [-0.05, 0) is 49.2 Å². The van der Waals surface area contributed by atoms with Crippen molar-refractivity contribution < 1.29 is 31.1 Å². The van der Waals surface area contributed by atoms with Crippen molar-refractivity contribution in [2.45, 2.75) is 23.8 Å². The second kappa shape index (κ2) is 8.63. The number of benzene rings is 2. The number of halogens is 2. The van der Waals surface area contributed by atoms with Crippen LogP contribution in [0.5, 0.6) is 5.75 Å². The lowest BCUT2D eigenvalue weighted by molar-refractivity contribution is -0.119. The van der Waals surface area contributed by atoms with Crippen LogP contribution in [0.4, 0.5) is 14.8 Å². The summed E-state index contributed by atoms with van der Waals surface area (Å²) < 4.78 is 64.5. The highest BCUT2D eigenvalue weighted by molar-refractivity contribution is 7.89. The Morgan fingerprint density at radius 1 is 1.19 bits per heavy atom. The van der Waals surface area contributed by atoms with E-state index in [0.29, 0.717) is 24.7 Å². The maximum absolute atomic E-state index is 13.9. The molecule has 1 aliphatic heterocycles. The number of ether oxygens (including phenoxy) is 1. The number of methoxy groups -OCH3 is 1. The first-order valence-corrected chi connectivity index (χ1v) is 11.0. The molecule has 1 aliphatic rings. The Balaban J connectivity index is 1.51. The Labute approximate surface area is 182 Å². The van der Waals surface area contributed by atoms with Gasteiger partial charge in [0, 0.05) is 12.6 Å². The van der Waals surface area contributed by atoms with Crippen LogP contribution in [0.2, 0.25) is 0 Å². The molecule has 0 bridgehead atoms. The van der Waals surface area contributed by atoms with Gasteiger partial charge in [0.05, 0.1) is 17.6 Å². The van der Waals surface area contributed by atoms with Crippen molar-refractivity contribution in [1.82, 2.24) is 14.5 Å². The fourth-order valence-electron chi connectivity index (χ4n) is 3.41. The lowest BCUT2D eigenvalue weighted by Gasteiger charge is -2.22. The molecule has 168 valence electrons. The Hall–Kier alpha value is -3.38. The van der Waals surface area contributed by atoms with E-state index in [-0.39, 0.29) is 28.9 Å². The minimum absolute atomic E-state index is 0.0323. The predicted molar refractivity (Wildman–Crippen MR) is 108 cm³/mol. The first-order chi connectivity index (χ1) is 15.3. The molecular weight excluding hydrogens is 446 g/mol. The van der Waals surface area contributed by atoms with Crippen molar-refractivity contribution in [2.24, 2.45) is 0 Å². The summed E-state index contributed by atoms with van der Waals surface area (Å²) in [5.74, 6) is -2.08. The Morgan fingerprint density at radius 2 is 1.94 bits per heavy atom. The van der Waals surface area contributed by atoms with Crippen LogP contribution in [0.1, 0.15) is 12.8 Å². The highest BCUT2D eigenvalue weighted by Gasteiger charge is 2.40. The summed E-state index contributed by atoms with van der Waals surface area (Å²) in [5.41, 5.74) is -0.135. The summed E-state index contributed by atoms with van der Waals surface area (Å²) in [5, 5.41) is 9.67. The van der Waals surface area contributed by atoms with E-state index in [1.807, 2.05) is 0 Å². The summed E-state index contributed by atoms with van der Waals surface area (Å²) in [6, 6.07) is 7.36. The molecule has 9 nitrogen and oxygen atoms in total. The van der Waals surface area contributed by atoms with Crippen LogP contribution in [-0.2, 0) is 14.8 Å². The first-order valence-electron chi connectivity index (χ1n) is 9.55. The van der Waals surface area contributed by atoms with Crippen molar-refractivity contribution >= 4 is 21.9 Å². The standard InChI is InChI=1S/C20H18F2N4O5S/c1-30-13-5-7-14(8-6-13)32(28,29)26-10-2-3-17(26)18(27)23-20-25-24-19(31-20)15-9-4-12(21)11-16(15)22/h4-9,11,17H,2-3,10H2,1H3,(H,23,25,27). The largest absolute Gasteiger partial charge is 0.497 e. The Kier molecular flexibility index (Phi) is 5.89. The van der Waals surface area contributed by atoms with E-state index in [9.17, 15) is 22.0 Å². The number of sulfonamides is 1. The Bertz CT molecular complexity index is 1250. The number of rotatable bonds is 6. The molecule has 12 heteroatoms. The normalized spacial score (nSPS) is 16.8. The van der Waals surface area contributed by atoms with Crippen LogP contribution in [0.15, 0.2) is 51.8 Å². The average molecular weight is 464 g/mol. The third kappa shape index (κ3) is 4.18. The topological polar surface area (TPSA) is 115 Å². The van der Waals surface area contributed by atoms with Crippen LogP contribution in [0, 0.1) is 11.6 Å². The highest BCUT2D eigenvalue weighted by atomic mass is 32.2. The molecule has 1 fully saturated rings. The summed E-state index contributed by atoms with van der Waals surface area (Å²) >= 11 is 0. The average Bonchev–Trinajstić information content (AvgIpc) is 3.44. The van der Waals surface area contributed by atoms with Crippen LogP contribution >= 0.6 is 0 Å². The molecule has 3 aromatic rings. The lowest BCUT2D eigenvalue weighted by Crippen LogP contribution is -2.43. The number of nitrogens with zero attached hydrogens (tertiary/aromatic N) is 3. The third-order valence-electron chi connectivity index (χ3n) is 4.99. The van der Waals surface area contributed by atoms with Gasteiger partial charge in [0.1, 0.15) is 23.4 Å². The summed E-state index contributed by atoms with van der Waals surface area (Å²) in [6.07, 6.45) is 0.790. The quantitative estimate of drug-likeness (QED) is 0.597. The van der Waals surface area contributed by atoms with Gasteiger partial charge in [0.15, 0.2) is 0 Å². The van der Waals surface area contributed by atoms with Gasteiger partial charge in [0.2, 0.25) is 15.9 Å². The maximum atomic E-state index is 13.9. The minimum atomic E-state index is -3.93. The van der Waals surface area contributed by atoms with Crippen molar-refractivity contribution in [3.8, 4) is 17.2 Å². The molecule has 0 spiro atoms. The second-order valence-electron chi connectivity index (χ2n) is 6.98. The second-order valence-corrected chi connectivity index (χ2v) is 8.87. The molecule has 0 aliphatic carbocycles. The zero-order chi connectivity index (χ0) is 22.9. The number of anilines is 1. The molecule has 1 unspecified atom stereocenters. The number of nitrogens with one attached hydrogen (secondary N) is 1. The lowest BCUT2D eigenvalue weighted by atomic mass is 10.2. The fraction of sp³-hybridized carbons (Fsp3) is 0.250. The highest BCUT2D eigenvalue weighted by Crippen LogP contribution is 2.29. The maximum Gasteiger partial charge on any atom is 0.322 e. The minimum Gasteiger partial charge on any atom is -0.497 e. The molecule has 1 N–H and O–H groups in total. The number of amides is 1.